The molecule has 0 fully saturated rings. The van der Waals surface area contributed by atoms with Crippen LogP contribution in [0.4, 0.5) is 0 Å². The van der Waals surface area contributed by atoms with Crippen molar-refractivity contribution in [3.63, 3.8) is 0 Å². The van der Waals surface area contributed by atoms with Gasteiger partial charge < -0.3 is 0 Å². The predicted octanol–water partition coefficient (Wildman–Crippen LogP) is 1.98. The van der Waals surface area contributed by atoms with Crippen molar-refractivity contribution in [3.05, 3.63) is 47.5 Å². The van der Waals surface area contributed by atoms with E-state index in [0.29, 0.717) is 11.6 Å². The van der Waals surface area contributed by atoms with Crippen LogP contribution in [-0.2, 0) is 6.54 Å². The highest BCUT2D eigenvalue weighted by Gasteiger charge is 1.96. The molecule has 2 rings (SSSR count). The van der Waals surface area contributed by atoms with Crippen LogP contribution in [-0.4, -0.2) is 14.8 Å². The van der Waals surface area contributed by atoms with E-state index >= 15 is 0 Å². The minimum absolute atomic E-state index is 0.660. The first-order valence-corrected chi connectivity index (χ1v) is 4.30. The number of nitrogens with zero attached hydrogens (tertiary/aromatic N) is 3. The summed E-state index contributed by atoms with van der Waals surface area (Å²) < 4.78 is 1.80. The Morgan fingerprint density at radius 2 is 2.31 bits per heavy atom. The molecule has 0 radical (unpaired) electrons. The zero-order valence-electron chi connectivity index (χ0n) is 6.89. The summed E-state index contributed by atoms with van der Waals surface area (Å²) in [4.78, 5) is 4.17. The molecule has 0 unspecified atom stereocenters. The molecule has 0 aromatic carbocycles. The fraction of sp³-hybridized carbons (Fsp3) is 0.111. The number of halogens is 1. The fourth-order valence-electron chi connectivity index (χ4n) is 1.10. The fourth-order valence-corrected chi connectivity index (χ4v) is 1.28. The predicted molar refractivity (Wildman–Crippen MR) is 50.6 cm³/mol. The van der Waals surface area contributed by atoms with Crippen LogP contribution in [0, 0.1) is 0 Å². The molecule has 3 nitrogen and oxygen atoms in total. The highest BCUT2D eigenvalue weighted by molar-refractivity contribution is 6.30. The maximum Gasteiger partial charge on any atom is 0.0831 e. The Kier molecular flexibility index (Phi) is 2.27. The van der Waals surface area contributed by atoms with E-state index in [4.69, 9.17) is 11.6 Å². The molecule has 0 amide bonds. The summed E-state index contributed by atoms with van der Waals surface area (Å²) in [6.45, 7) is 0.660. The van der Waals surface area contributed by atoms with E-state index in [1.165, 1.54) is 0 Å². The Bertz CT molecular complexity index is 384. The smallest absolute Gasteiger partial charge is 0.0831 e. The standard InChI is InChI=1S/C9H8ClN3/c10-8-2-4-11-9(6-8)7-13-5-1-3-12-13/h1-6H,7H2. The van der Waals surface area contributed by atoms with Crippen LogP contribution in [0.3, 0.4) is 0 Å². The lowest BCUT2D eigenvalue weighted by atomic mass is 10.3. The number of aromatic nitrogens is 3. The number of rotatable bonds is 2. The monoisotopic (exact) mass is 193 g/mol. The minimum Gasteiger partial charge on any atom is -0.267 e. The second-order valence-corrected chi connectivity index (χ2v) is 3.11. The molecule has 0 atom stereocenters. The molecule has 2 aromatic rings. The van der Waals surface area contributed by atoms with Gasteiger partial charge in [-0.15, -0.1) is 0 Å². The lowest BCUT2D eigenvalue weighted by Gasteiger charge is -2.00. The van der Waals surface area contributed by atoms with Crippen molar-refractivity contribution < 1.29 is 0 Å². The summed E-state index contributed by atoms with van der Waals surface area (Å²) in [7, 11) is 0. The Hall–Kier alpha value is -1.35. The molecule has 0 bridgehead atoms. The summed E-state index contributed by atoms with van der Waals surface area (Å²) in [6, 6.07) is 5.47. The summed E-state index contributed by atoms with van der Waals surface area (Å²) in [5.41, 5.74) is 0.913. The minimum atomic E-state index is 0.660. The van der Waals surface area contributed by atoms with Crippen LogP contribution >= 0.6 is 11.6 Å². The molecule has 0 aliphatic heterocycles. The zero-order chi connectivity index (χ0) is 9.10. The highest BCUT2D eigenvalue weighted by Crippen LogP contribution is 2.08. The molecule has 2 heterocycles. The van der Waals surface area contributed by atoms with Gasteiger partial charge in [0.15, 0.2) is 0 Å². The van der Waals surface area contributed by atoms with Gasteiger partial charge in [-0.2, -0.15) is 5.10 Å². The topological polar surface area (TPSA) is 30.7 Å². The molecule has 13 heavy (non-hydrogen) atoms. The molecule has 4 heteroatoms. The van der Waals surface area contributed by atoms with E-state index in [9.17, 15) is 0 Å². The lowest BCUT2D eigenvalue weighted by Crippen LogP contribution is -2.01. The maximum absolute atomic E-state index is 5.82. The number of hydrogen-bond acceptors (Lipinski definition) is 2. The molecule has 0 aliphatic rings. The average Bonchev–Trinajstić information content (AvgIpc) is 2.57. The van der Waals surface area contributed by atoms with E-state index in [-0.39, 0.29) is 0 Å². The van der Waals surface area contributed by atoms with Crippen LogP contribution in [0.2, 0.25) is 5.02 Å². The number of hydrogen-bond donors (Lipinski definition) is 0. The van der Waals surface area contributed by atoms with E-state index in [1.807, 2.05) is 18.3 Å². The van der Waals surface area contributed by atoms with Gasteiger partial charge in [0.1, 0.15) is 0 Å². The van der Waals surface area contributed by atoms with Crippen molar-refractivity contribution in [2.75, 3.05) is 0 Å². The molecule has 0 saturated carbocycles. The Labute approximate surface area is 81.0 Å². The van der Waals surface area contributed by atoms with Gasteiger partial charge in [-0.3, -0.25) is 9.67 Å². The zero-order valence-corrected chi connectivity index (χ0v) is 7.65. The van der Waals surface area contributed by atoms with Crippen molar-refractivity contribution >= 4 is 11.6 Å². The highest BCUT2D eigenvalue weighted by atomic mass is 35.5. The molecule has 0 spiro atoms. The van der Waals surface area contributed by atoms with Gasteiger partial charge in [0, 0.05) is 23.6 Å². The van der Waals surface area contributed by atoms with Crippen LogP contribution in [0.1, 0.15) is 5.69 Å². The van der Waals surface area contributed by atoms with E-state index < -0.39 is 0 Å². The Balaban J connectivity index is 2.19. The largest absolute Gasteiger partial charge is 0.267 e. The molecule has 2 aromatic heterocycles. The Morgan fingerprint density at radius 3 is 3.00 bits per heavy atom. The van der Waals surface area contributed by atoms with Crippen molar-refractivity contribution in [3.8, 4) is 0 Å². The third kappa shape index (κ3) is 2.06. The normalized spacial score (nSPS) is 10.2. The first-order chi connectivity index (χ1) is 6.34. The maximum atomic E-state index is 5.82. The third-order valence-corrected chi connectivity index (χ3v) is 1.90. The summed E-state index contributed by atoms with van der Waals surface area (Å²) >= 11 is 5.82. The van der Waals surface area contributed by atoms with Crippen LogP contribution in [0.15, 0.2) is 36.8 Å². The molecular weight excluding hydrogens is 186 g/mol. The summed E-state index contributed by atoms with van der Waals surface area (Å²) in [5, 5.41) is 4.78. The quantitative estimate of drug-likeness (QED) is 0.730. The van der Waals surface area contributed by atoms with Crippen molar-refractivity contribution in [2.24, 2.45) is 0 Å². The molecular formula is C9H8ClN3. The number of pyridine rings is 1. The van der Waals surface area contributed by atoms with Crippen molar-refractivity contribution in [1.82, 2.24) is 14.8 Å². The van der Waals surface area contributed by atoms with Crippen molar-refractivity contribution in [1.29, 1.82) is 0 Å². The third-order valence-electron chi connectivity index (χ3n) is 1.66. The van der Waals surface area contributed by atoms with Gasteiger partial charge >= 0.3 is 0 Å². The first-order valence-electron chi connectivity index (χ1n) is 3.92. The Morgan fingerprint density at radius 1 is 1.38 bits per heavy atom. The van der Waals surface area contributed by atoms with Gasteiger partial charge in [0.05, 0.1) is 12.2 Å². The molecule has 0 aliphatic carbocycles. The van der Waals surface area contributed by atoms with Gasteiger partial charge in [0.25, 0.3) is 0 Å². The van der Waals surface area contributed by atoms with E-state index in [2.05, 4.69) is 10.1 Å². The molecule has 0 N–H and O–H groups in total. The van der Waals surface area contributed by atoms with Crippen molar-refractivity contribution in [2.45, 2.75) is 6.54 Å². The van der Waals surface area contributed by atoms with Gasteiger partial charge in [-0.1, -0.05) is 11.6 Å². The van der Waals surface area contributed by atoms with Crippen LogP contribution < -0.4 is 0 Å². The SMILES string of the molecule is Clc1ccnc(Cn2cccn2)c1. The van der Waals surface area contributed by atoms with Crippen LogP contribution in [0.5, 0.6) is 0 Å². The van der Waals surface area contributed by atoms with E-state index in [0.717, 1.165) is 5.69 Å². The second kappa shape index (κ2) is 3.58. The lowest BCUT2D eigenvalue weighted by molar-refractivity contribution is 0.673. The average molecular weight is 194 g/mol. The van der Waals surface area contributed by atoms with E-state index in [1.54, 1.807) is 23.1 Å². The van der Waals surface area contributed by atoms with Gasteiger partial charge in [0.2, 0.25) is 0 Å². The molecule has 0 saturated heterocycles. The summed E-state index contributed by atoms with van der Waals surface area (Å²) in [5.74, 6) is 0. The molecule has 66 valence electrons. The summed E-state index contributed by atoms with van der Waals surface area (Å²) in [6.07, 6.45) is 5.33. The van der Waals surface area contributed by atoms with Gasteiger partial charge in [-0.25, -0.2) is 0 Å². The van der Waals surface area contributed by atoms with Crippen LogP contribution in [0.25, 0.3) is 0 Å². The first kappa shape index (κ1) is 8.26. The second-order valence-electron chi connectivity index (χ2n) is 2.67. The van der Waals surface area contributed by atoms with Gasteiger partial charge in [-0.05, 0) is 18.2 Å².